The molecule has 8 heteroatoms. The summed E-state index contributed by atoms with van der Waals surface area (Å²) in [6.45, 7) is 1.07. The highest BCUT2D eigenvalue weighted by atomic mass is 19.4. The van der Waals surface area contributed by atoms with Crippen LogP contribution in [0.15, 0.2) is 0 Å². The van der Waals surface area contributed by atoms with Crippen LogP contribution in [-0.4, -0.2) is 36.3 Å². The molecule has 1 amide bonds. The predicted octanol–water partition coefficient (Wildman–Crippen LogP) is 1.20. The second-order valence-corrected chi connectivity index (χ2v) is 3.33. The van der Waals surface area contributed by atoms with E-state index in [0.717, 1.165) is 19.3 Å². The van der Waals surface area contributed by atoms with Crippen molar-refractivity contribution in [1.29, 1.82) is 0 Å². The van der Waals surface area contributed by atoms with Crippen molar-refractivity contribution in [2.24, 2.45) is 0 Å². The maximum atomic E-state index is 11.7. The second-order valence-electron chi connectivity index (χ2n) is 3.33. The number of hydrogen-bond donors (Lipinski definition) is 1. The summed E-state index contributed by atoms with van der Waals surface area (Å²) >= 11 is 0. The number of hydrogen-bond acceptors (Lipinski definition) is 4. The minimum atomic E-state index is -5.15. The number of amides is 1. The van der Waals surface area contributed by atoms with Crippen molar-refractivity contribution in [3.63, 3.8) is 0 Å². The van der Waals surface area contributed by atoms with Crippen molar-refractivity contribution in [3.8, 4) is 0 Å². The van der Waals surface area contributed by atoms with Gasteiger partial charge in [-0.2, -0.15) is 13.2 Å². The topological polar surface area (TPSA) is 58.6 Å². The van der Waals surface area contributed by atoms with E-state index in [4.69, 9.17) is 0 Å². The molecule has 1 fully saturated rings. The van der Waals surface area contributed by atoms with Gasteiger partial charge in [-0.1, -0.05) is 6.42 Å². The van der Waals surface area contributed by atoms with E-state index in [1.165, 1.54) is 5.01 Å². The Kier molecular flexibility index (Phi) is 4.11. The highest BCUT2D eigenvalue weighted by Gasteiger charge is 2.42. The first-order valence-electron chi connectivity index (χ1n) is 4.74. The lowest BCUT2D eigenvalue weighted by Crippen LogP contribution is -2.46. The summed E-state index contributed by atoms with van der Waals surface area (Å²) in [5, 5.41) is 1.43. The number of alkyl halides is 3. The largest absolute Gasteiger partial charge is 0.491 e. The average molecular weight is 240 g/mol. The van der Waals surface area contributed by atoms with Gasteiger partial charge in [0.05, 0.1) is 0 Å². The van der Waals surface area contributed by atoms with Crippen molar-refractivity contribution < 1.29 is 27.5 Å². The van der Waals surface area contributed by atoms with Gasteiger partial charge in [-0.25, -0.2) is 14.6 Å². The molecule has 0 atom stereocenters. The van der Waals surface area contributed by atoms with Gasteiger partial charge in [0.25, 0.3) is 0 Å². The molecule has 1 heterocycles. The van der Waals surface area contributed by atoms with E-state index in [-0.39, 0.29) is 0 Å². The summed E-state index contributed by atoms with van der Waals surface area (Å²) in [5.74, 6) is -2.51. The summed E-state index contributed by atoms with van der Waals surface area (Å²) in [6, 6.07) is 0. The lowest BCUT2D eigenvalue weighted by molar-refractivity contribution is -0.193. The molecule has 1 rings (SSSR count). The first kappa shape index (κ1) is 12.8. The lowest BCUT2D eigenvalue weighted by atomic mass is 10.2. The van der Waals surface area contributed by atoms with Gasteiger partial charge in [0.15, 0.2) is 0 Å². The molecular weight excluding hydrogens is 229 g/mol. The smallest absolute Gasteiger partial charge is 0.369 e. The van der Waals surface area contributed by atoms with Gasteiger partial charge >= 0.3 is 18.2 Å². The molecule has 1 aliphatic rings. The minimum absolute atomic E-state index is 0.537. The van der Waals surface area contributed by atoms with E-state index in [2.05, 4.69) is 10.2 Å². The maximum absolute atomic E-state index is 11.7. The van der Waals surface area contributed by atoms with Crippen LogP contribution in [0.3, 0.4) is 0 Å². The number of piperidine rings is 1. The van der Waals surface area contributed by atoms with Crippen molar-refractivity contribution in [2.75, 3.05) is 13.1 Å². The molecule has 0 aromatic rings. The van der Waals surface area contributed by atoms with E-state index in [0.29, 0.717) is 13.1 Å². The molecule has 0 radical (unpaired) electrons. The van der Waals surface area contributed by atoms with Gasteiger partial charge in [0.1, 0.15) is 0 Å². The summed E-state index contributed by atoms with van der Waals surface area (Å²) in [4.78, 5) is 21.2. The Morgan fingerprint density at radius 2 is 1.69 bits per heavy atom. The van der Waals surface area contributed by atoms with Crippen LogP contribution in [0.2, 0.25) is 0 Å². The molecule has 1 N–H and O–H groups in total. The Morgan fingerprint density at radius 3 is 2.19 bits per heavy atom. The first-order chi connectivity index (χ1) is 7.39. The van der Waals surface area contributed by atoms with Gasteiger partial charge in [0, 0.05) is 13.1 Å². The van der Waals surface area contributed by atoms with Crippen LogP contribution in [0, 0.1) is 0 Å². The molecule has 0 spiro atoms. The zero-order chi connectivity index (χ0) is 12.2. The van der Waals surface area contributed by atoms with E-state index in [1.807, 2.05) is 0 Å². The molecule has 0 saturated carbocycles. The number of esters is 1. The standard InChI is InChI=1S/C8H11F3N2O3/c9-8(10,11)6(14)16-7(15)12-13-4-2-1-3-5-13/h1-5H2,(H,12,15). The normalized spacial score (nSPS) is 17.9. The van der Waals surface area contributed by atoms with Crippen LogP contribution in [0.25, 0.3) is 0 Å². The van der Waals surface area contributed by atoms with Crippen molar-refractivity contribution in [3.05, 3.63) is 0 Å². The van der Waals surface area contributed by atoms with Crippen LogP contribution in [0.5, 0.6) is 0 Å². The number of carbonyl (C=O) groups is 2. The number of carbonyl (C=O) groups excluding carboxylic acids is 2. The molecule has 0 unspecified atom stereocenters. The fourth-order valence-electron chi connectivity index (χ4n) is 1.30. The highest BCUT2D eigenvalue weighted by Crippen LogP contribution is 2.16. The van der Waals surface area contributed by atoms with Gasteiger partial charge in [0.2, 0.25) is 0 Å². The zero-order valence-electron chi connectivity index (χ0n) is 8.34. The number of rotatable bonds is 1. The summed E-state index contributed by atoms with van der Waals surface area (Å²) in [7, 11) is 0. The quantitative estimate of drug-likeness (QED) is 0.552. The van der Waals surface area contributed by atoms with E-state index in [9.17, 15) is 22.8 Å². The molecule has 92 valence electrons. The third-order valence-electron chi connectivity index (χ3n) is 2.02. The average Bonchev–Trinajstić information content (AvgIpc) is 2.17. The van der Waals surface area contributed by atoms with Gasteiger partial charge in [-0.15, -0.1) is 0 Å². The number of nitrogens with zero attached hydrogens (tertiary/aromatic N) is 1. The second kappa shape index (κ2) is 5.15. The third kappa shape index (κ3) is 4.05. The fraction of sp³-hybridized carbons (Fsp3) is 0.750. The monoisotopic (exact) mass is 240 g/mol. The number of hydrazine groups is 1. The molecule has 0 aliphatic carbocycles. The Labute approximate surface area is 89.5 Å². The lowest BCUT2D eigenvalue weighted by Gasteiger charge is -2.25. The Hall–Kier alpha value is -1.31. The van der Waals surface area contributed by atoms with Crippen LogP contribution >= 0.6 is 0 Å². The van der Waals surface area contributed by atoms with Crippen LogP contribution < -0.4 is 5.43 Å². The molecule has 0 aromatic carbocycles. The number of halogens is 3. The molecule has 1 saturated heterocycles. The highest BCUT2D eigenvalue weighted by molar-refractivity contribution is 5.87. The van der Waals surface area contributed by atoms with E-state index >= 15 is 0 Å². The first-order valence-corrected chi connectivity index (χ1v) is 4.74. The molecule has 5 nitrogen and oxygen atoms in total. The molecule has 0 bridgehead atoms. The summed E-state index contributed by atoms with van der Waals surface area (Å²) in [6.07, 6.45) is -3.86. The zero-order valence-corrected chi connectivity index (χ0v) is 8.34. The van der Waals surface area contributed by atoms with Gasteiger partial charge < -0.3 is 4.74 Å². The predicted molar refractivity (Wildman–Crippen MR) is 46.1 cm³/mol. The Morgan fingerprint density at radius 1 is 1.12 bits per heavy atom. The number of nitrogens with one attached hydrogen (secondary N) is 1. The van der Waals surface area contributed by atoms with E-state index in [1.54, 1.807) is 0 Å². The van der Waals surface area contributed by atoms with E-state index < -0.39 is 18.2 Å². The number of ether oxygens (including phenoxy) is 1. The van der Waals surface area contributed by atoms with Crippen molar-refractivity contribution >= 4 is 12.1 Å². The van der Waals surface area contributed by atoms with Crippen molar-refractivity contribution in [2.45, 2.75) is 25.4 Å². The molecule has 0 aromatic heterocycles. The van der Waals surface area contributed by atoms with Crippen LogP contribution in [-0.2, 0) is 9.53 Å². The van der Waals surface area contributed by atoms with Gasteiger partial charge in [-0.05, 0) is 12.8 Å². The third-order valence-corrected chi connectivity index (χ3v) is 2.02. The Balaban J connectivity index is 2.32. The van der Waals surface area contributed by atoms with Gasteiger partial charge in [-0.3, -0.25) is 5.43 Å². The fourth-order valence-corrected chi connectivity index (χ4v) is 1.30. The van der Waals surface area contributed by atoms with Crippen molar-refractivity contribution in [1.82, 2.24) is 10.4 Å². The van der Waals surface area contributed by atoms with Crippen LogP contribution in [0.1, 0.15) is 19.3 Å². The Bertz CT molecular complexity index is 274. The molecule has 16 heavy (non-hydrogen) atoms. The summed E-state index contributed by atoms with van der Waals surface area (Å²) < 4.78 is 38.7. The maximum Gasteiger partial charge on any atom is 0.491 e. The minimum Gasteiger partial charge on any atom is -0.369 e. The SMILES string of the molecule is O=C(NN1CCCCC1)OC(=O)C(F)(F)F. The summed E-state index contributed by atoms with van der Waals surface area (Å²) in [5.41, 5.74) is 2.07. The van der Waals surface area contributed by atoms with Crippen LogP contribution in [0.4, 0.5) is 18.0 Å². The molecular formula is C8H11F3N2O3. The molecule has 1 aliphatic heterocycles.